The van der Waals surface area contributed by atoms with E-state index in [1.165, 1.54) is 4.90 Å². The predicted molar refractivity (Wildman–Crippen MR) is 102 cm³/mol. The quantitative estimate of drug-likeness (QED) is 0.809. The average Bonchev–Trinajstić information content (AvgIpc) is 2.88. The Kier molecular flexibility index (Phi) is 5.07. The Morgan fingerprint density at radius 2 is 1.62 bits per heavy atom. The van der Waals surface area contributed by atoms with Crippen LogP contribution in [0, 0.1) is 6.92 Å². The number of methoxy groups -OCH3 is 1. The number of rotatable bonds is 6. The zero-order valence-corrected chi connectivity index (χ0v) is 15.2. The molecule has 0 atom stereocenters. The Morgan fingerprint density at radius 3 is 2.19 bits per heavy atom. The zero-order valence-electron chi connectivity index (χ0n) is 15.2. The smallest absolute Gasteiger partial charge is 0.278 e. The van der Waals surface area contributed by atoms with Crippen molar-refractivity contribution >= 4 is 23.1 Å². The summed E-state index contributed by atoms with van der Waals surface area (Å²) in [5.74, 6) is 0.185. The van der Waals surface area contributed by atoms with Gasteiger partial charge in [-0.3, -0.25) is 14.5 Å². The van der Waals surface area contributed by atoms with E-state index in [9.17, 15) is 9.59 Å². The standard InChI is InChI=1S/C21H22N2O3/c1-4-13-23-20(24)18(15-7-5-14(2)6-8-15)19(21(23)25)22-16-9-11-17(26-3)12-10-16/h5-12,22H,4,13H2,1-3H3. The summed E-state index contributed by atoms with van der Waals surface area (Å²) in [6.45, 7) is 4.33. The molecule has 1 aliphatic rings. The zero-order chi connectivity index (χ0) is 18.7. The monoisotopic (exact) mass is 350 g/mol. The maximum absolute atomic E-state index is 12.9. The van der Waals surface area contributed by atoms with Crippen molar-refractivity contribution < 1.29 is 14.3 Å². The molecule has 0 aromatic heterocycles. The molecule has 0 unspecified atom stereocenters. The van der Waals surface area contributed by atoms with Crippen LogP contribution in [0.15, 0.2) is 54.2 Å². The molecule has 0 saturated heterocycles. The summed E-state index contributed by atoms with van der Waals surface area (Å²) in [6, 6.07) is 14.9. The first kappa shape index (κ1) is 17.7. The molecule has 0 saturated carbocycles. The Hall–Kier alpha value is -3.08. The summed E-state index contributed by atoms with van der Waals surface area (Å²) >= 11 is 0. The van der Waals surface area contributed by atoms with E-state index in [-0.39, 0.29) is 11.8 Å². The highest BCUT2D eigenvalue weighted by atomic mass is 16.5. The molecule has 0 spiro atoms. The van der Waals surface area contributed by atoms with Gasteiger partial charge in [0.2, 0.25) is 0 Å². The number of ether oxygens (including phenoxy) is 1. The van der Waals surface area contributed by atoms with Gasteiger partial charge in [0.25, 0.3) is 11.8 Å². The van der Waals surface area contributed by atoms with E-state index in [0.29, 0.717) is 24.2 Å². The minimum Gasteiger partial charge on any atom is -0.497 e. The highest BCUT2D eigenvalue weighted by molar-refractivity contribution is 6.36. The first-order valence-corrected chi connectivity index (χ1v) is 8.63. The van der Waals surface area contributed by atoms with Crippen LogP contribution in [0.1, 0.15) is 24.5 Å². The van der Waals surface area contributed by atoms with Crippen molar-refractivity contribution in [2.24, 2.45) is 0 Å². The fraction of sp³-hybridized carbons (Fsp3) is 0.238. The number of imide groups is 1. The second-order valence-electron chi connectivity index (χ2n) is 6.23. The molecule has 1 aliphatic heterocycles. The average molecular weight is 350 g/mol. The highest BCUT2D eigenvalue weighted by Crippen LogP contribution is 2.31. The van der Waals surface area contributed by atoms with Gasteiger partial charge >= 0.3 is 0 Å². The van der Waals surface area contributed by atoms with Crippen LogP contribution in [0.2, 0.25) is 0 Å². The highest BCUT2D eigenvalue weighted by Gasteiger charge is 2.38. The van der Waals surface area contributed by atoms with Crippen molar-refractivity contribution in [2.75, 3.05) is 19.0 Å². The summed E-state index contributed by atoms with van der Waals surface area (Å²) in [4.78, 5) is 27.0. The lowest BCUT2D eigenvalue weighted by Gasteiger charge is -2.13. The summed E-state index contributed by atoms with van der Waals surface area (Å²) < 4.78 is 5.16. The first-order valence-electron chi connectivity index (χ1n) is 8.63. The fourth-order valence-corrected chi connectivity index (χ4v) is 2.93. The number of carbonyl (C=O) groups is 2. The molecule has 2 amide bonds. The van der Waals surface area contributed by atoms with Crippen molar-refractivity contribution in [1.29, 1.82) is 0 Å². The summed E-state index contributed by atoms with van der Waals surface area (Å²) in [6.07, 6.45) is 0.717. The lowest BCUT2D eigenvalue weighted by Crippen LogP contribution is -2.33. The first-order chi connectivity index (χ1) is 12.5. The van der Waals surface area contributed by atoms with E-state index in [1.807, 2.05) is 50.2 Å². The molecule has 0 aliphatic carbocycles. The SMILES string of the molecule is CCCN1C(=O)C(Nc2ccc(OC)cc2)=C(c2ccc(C)cc2)C1=O. The molecule has 2 aromatic carbocycles. The van der Waals surface area contributed by atoms with Gasteiger partial charge in [0.15, 0.2) is 0 Å². The molecule has 3 rings (SSSR count). The molecular formula is C21H22N2O3. The van der Waals surface area contributed by atoms with Crippen molar-refractivity contribution in [3.8, 4) is 5.75 Å². The van der Waals surface area contributed by atoms with E-state index in [2.05, 4.69) is 5.32 Å². The van der Waals surface area contributed by atoms with E-state index in [4.69, 9.17) is 4.74 Å². The molecule has 1 heterocycles. The molecule has 26 heavy (non-hydrogen) atoms. The van der Waals surface area contributed by atoms with Gasteiger partial charge in [0.1, 0.15) is 11.4 Å². The number of benzene rings is 2. The molecule has 1 N–H and O–H groups in total. The van der Waals surface area contributed by atoms with Crippen molar-refractivity contribution in [3.05, 3.63) is 65.4 Å². The second kappa shape index (κ2) is 7.44. The number of carbonyl (C=O) groups excluding carboxylic acids is 2. The van der Waals surface area contributed by atoms with Crippen LogP contribution in [0.3, 0.4) is 0 Å². The lowest BCUT2D eigenvalue weighted by molar-refractivity contribution is -0.136. The van der Waals surface area contributed by atoms with Crippen LogP contribution in [0.5, 0.6) is 5.75 Å². The third-order valence-corrected chi connectivity index (χ3v) is 4.31. The number of hydrogen-bond acceptors (Lipinski definition) is 4. The molecule has 134 valence electrons. The van der Waals surface area contributed by atoms with E-state index < -0.39 is 0 Å². The third-order valence-electron chi connectivity index (χ3n) is 4.31. The molecule has 0 bridgehead atoms. The Balaban J connectivity index is 2.02. The second-order valence-corrected chi connectivity index (χ2v) is 6.23. The Bertz CT molecular complexity index is 852. The van der Waals surface area contributed by atoms with Crippen molar-refractivity contribution in [1.82, 2.24) is 4.90 Å². The van der Waals surface area contributed by atoms with Crippen LogP contribution >= 0.6 is 0 Å². The van der Waals surface area contributed by atoms with Gasteiger partial charge in [-0.05, 0) is 43.2 Å². The van der Waals surface area contributed by atoms with Crippen LogP contribution in [0.25, 0.3) is 5.57 Å². The number of nitrogens with zero attached hydrogens (tertiary/aromatic N) is 1. The van der Waals surface area contributed by atoms with Crippen LogP contribution in [0.4, 0.5) is 5.69 Å². The minimum atomic E-state index is -0.289. The number of nitrogens with one attached hydrogen (secondary N) is 1. The molecule has 5 heteroatoms. The summed E-state index contributed by atoms with van der Waals surface area (Å²) in [5, 5.41) is 3.14. The fourth-order valence-electron chi connectivity index (χ4n) is 2.93. The maximum Gasteiger partial charge on any atom is 0.278 e. The van der Waals surface area contributed by atoms with E-state index >= 15 is 0 Å². The van der Waals surface area contributed by atoms with Crippen LogP contribution in [-0.2, 0) is 9.59 Å². The number of anilines is 1. The molecular weight excluding hydrogens is 328 g/mol. The van der Waals surface area contributed by atoms with Gasteiger partial charge in [0.05, 0.1) is 12.7 Å². The van der Waals surface area contributed by atoms with Gasteiger partial charge in [0, 0.05) is 12.2 Å². The predicted octanol–water partition coefficient (Wildman–Crippen LogP) is 3.61. The van der Waals surface area contributed by atoms with Gasteiger partial charge in [-0.15, -0.1) is 0 Å². The van der Waals surface area contributed by atoms with Crippen molar-refractivity contribution in [3.63, 3.8) is 0 Å². The van der Waals surface area contributed by atoms with Gasteiger partial charge in [-0.1, -0.05) is 36.8 Å². The number of hydrogen-bond donors (Lipinski definition) is 1. The van der Waals surface area contributed by atoms with E-state index in [0.717, 1.165) is 22.6 Å². The maximum atomic E-state index is 12.9. The topological polar surface area (TPSA) is 58.6 Å². The normalized spacial score (nSPS) is 14.2. The Labute approximate surface area is 153 Å². The largest absolute Gasteiger partial charge is 0.497 e. The minimum absolute atomic E-state index is 0.253. The molecule has 5 nitrogen and oxygen atoms in total. The third kappa shape index (κ3) is 3.33. The van der Waals surface area contributed by atoms with Crippen LogP contribution < -0.4 is 10.1 Å². The summed E-state index contributed by atoms with van der Waals surface area (Å²) in [5.41, 5.74) is 3.30. The van der Waals surface area contributed by atoms with Gasteiger partial charge in [-0.25, -0.2) is 0 Å². The van der Waals surface area contributed by atoms with Crippen LogP contribution in [-0.4, -0.2) is 30.4 Å². The van der Waals surface area contributed by atoms with E-state index in [1.54, 1.807) is 19.2 Å². The van der Waals surface area contributed by atoms with Crippen molar-refractivity contribution in [2.45, 2.75) is 20.3 Å². The number of aryl methyl sites for hydroxylation is 1. The molecule has 0 fully saturated rings. The Morgan fingerprint density at radius 1 is 0.962 bits per heavy atom. The molecule has 2 aromatic rings. The molecule has 0 radical (unpaired) electrons. The number of amides is 2. The summed E-state index contributed by atoms with van der Waals surface area (Å²) in [7, 11) is 1.60. The van der Waals surface area contributed by atoms with Gasteiger partial charge < -0.3 is 10.1 Å². The lowest BCUT2D eigenvalue weighted by atomic mass is 10.0. The van der Waals surface area contributed by atoms with Gasteiger partial charge in [-0.2, -0.15) is 0 Å².